The highest BCUT2D eigenvalue weighted by Crippen LogP contribution is 2.28. The topological polar surface area (TPSA) is 91.8 Å². The van der Waals surface area contributed by atoms with Gasteiger partial charge in [-0.3, -0.25) is 14.9 Å². The number of nitrogens with zero attached hydrogens (tertiary/aromatic N) is 3. The predicted octanol–water partition coefficient (Wildman–Crippen LogP) is 3.79. The third-order valence-corrected chi connectivity index (χ3v) is 5.26. The molecule has 3 heterocycles. The van der Waals surface area contributed by atoms with Gasteiger partial charge in [-0.15, -0.1) is 0 Å². The molecular weight excluding hydrogens is 419 g/mol. The average Bonchev–Trinajstić information content (AvgIpc) is 3.42. The van der Waals surface area contributed by atoms with Crippen molar-refractivity contribution in [2.24, 2.45) is 0 Å². The summed E-state index contributed by atoms with van der Waals surface area (Å²) in [6.07, 6.45) is 2.61. The lowest BCUT2D eigenvalue weighted by Crippen LogP contribution is -2.48. The molecule has 1 saturated heterocycles. The van der Waals surface area contributed by atoms with Gasteiger partial charge in [-0.1, -0.05) is 23.2 Å². The number of nitrogens with one attached hydrogen (secondary N) is 1. The van der Waals surface area contributed by atoms with Gasteiger partial charge in [0.1, 0.15) is 6.26 Å². The highest BCUT2D eigenvalue weighted by molar-refractivity contribution is 6.42. The van der Waals surface area contributed by atoms with Gasteiger partial charge in [0.25, 0.3) is 11.8 Å². The number of carbonyl (C=O) groups excluding carboxylic acids is 2. The first-order valence-corrected chi connectivity index (χ1v) is 9.56. The van der Waals surface area contributed by atoms with Gasteiger partial charge in [0.2, 0.25) is 0 Å². The lowest BCUT2D eigenvalue weighted by Gasteiger charge is -2.35. The monoisotopic (exact) mass is 434 g/mol. The fourth-order valence-corrected chi connectivity index (χ4v) is 3.30. The van der Waals surface area contributed by atoms with E-state index in [2.05, 4.69) is 15.2 Å². The number of benzene rings is 1. The van der Waals surface area contributed by atoms with Crippen LogP contribution in [0.4, 0.5) is 11.7 Å². The Balaban J connectivity index is 1.35. The van der Waals surface area contributed by atoms with Crippen molar-refractivity contribution in [3.05, 3.63) is 64.4 Å². The van der Waals surface area contributed by atoms with E-state index in [1.165, 1.54) is 18.6 Å². The minimum absolute atomic E-state index is 0.0656. The molecule has 1 aliphatic heterocycles. The van der Waals surface area contributed by atoms with Crippen molar-refractivity contribution in [2.75, 3.05) is 36.4 Å². The van der Waals surface area contributed by atoms with E-state index in [-0.39, 0.29) is 23.4 Å². The first-order valence-electron chi connectivity index (χ1n) is 8.81. The molecule has 10 heteroatoms. The van der Waals surface area contributed by atoms with Crippen LogP contribution < -0.4 is 10.2 Å². The number of anilines is 2. The van der Waals surface area contributed by atoms with E-state index < -0.39 is 5.91 Å². The molecule has 0 bridgehead atoms. The Hall–Kier alpha value is -2.97. The Morgan fingerprint density at radius 3 is 2.52 bits per heavy atom. The van der Waals surface area contributed by atoms with Crippen molar-refractivity contribution in [1.82, 2.24) is 9.88 Å². The van der Waals surface area contributed by atoms with E-state index in [0.717, 1.165) is 5.69 Å². The van der Waals surface area contributed by atoms with Gasteiger partial charge in [-0.25, -0.2) is 0 Å². The number of oxazole rings is 1. The molecule has 1 fully saturated rings. The Bertz CT molecular complexity index is 1030. The SMILES string of the molecule is O=C(Nc1nc(C(=O)N2CCN(c3ccc(Cl)c(Cl)c3)CC2)co1)c1ccco1. The van der Waals surface area contributed by atoms with Gasteiger partial charge in [0, 0.05) is 31.9 Å². The molecule has 0 saturated carbocycles. The van der Waals surface area contributed by atoms with Crippen molar-refractivity contribution < 1.29 is 18.4 Å². The lowest BCUT2D eigenvalue weighted by atomic mass is 10.2. The fraction of sp³-hybridized carbons (Fsp3) is 0.211. The fourth-order valence-electron chi connectivity index (χ4n) is 3.01. The number of piperazine rings is 1. The van der Waals surface area contributed by atoms with Gasteiger partial charge in [0.15, 0.2) is 11.5 Å². The molecule has 150 valence electrons. The quantitative estimate of drug-likeness (QED) is 0.671. The van der Waals surface area contributed by atoms with Crippen LogP contribution in [-0.4, -0.2) is 47.9 Å². The molecule has 4 rings (SSSR count). The summed E-state index contributed by atoms with van der Waals surface area (Å²) in [7, 11) is 0. The van der Waals surface area contributed by atoms with Gasteiger partial charge < -0.3 is 18.6 Å². The van der Waals surface area contributed by atoms with E-state index in [4.69, 9.17) is 32.0 Å². The number of hydrogen-bond acceptors (Lipinski definition) is 6. The highest BCUT2D eigenvalue weighted by atomic mass is 35.5. The van der Waals surface area contributed by atoms with Crippen LogP contribution in [0.2, 0.25) is 10.0 Å². The standard InChI is InChI=1S/C19H16Cl2N4O4/c20-13-4-3-12(10-14(13)21)24-5-7-25(8-6-24)18(27)15-11-29-19(22-15)23-17(26)16-2-1-9-28-16/h1-4,9-11H,5-8H2,(H,22,23,26). The summed E-state index contributed by atoms with van der Waals surface area (Å²) in [5.74, 6) is -0.651. The van der Waals surface area contributed by atoms with E-state index in [1.807, 2.05) is 12.1 Å². The maximum atomic E-state index is 12.7. The molecule has 2 aromatic heterocycles. The first-order chi connectivity index (χ1) is 14.0. The maximum absolute atomic E-state index is 12.7. The largest absolute Gasteiger partial charge is 0.459 e. The third kappa shape index (κ3) is 4.23. The summed E-state index contributed by atoms with van der Waals surface area (Å²) < 4.78 is 10.2. The average molecular weight is 435 g/mol. The van der Waals surface area contributed by atoms with Crippen LogP contribution in [-0.2, 0) is 0 Å². The predicted molar refractivity (Wildman–Crippen MR) is 108 cm³/mol. The van der Waals surface area contributed by atoms with E-state index in [9.17, 15) is 9.59 Å². The van der Waals surface area contributed by atoms with E-state index in [0.29, 0.717) is 36.2 Å². The zero-order chi connectivity index (χ0) is 20.4. The minimum atomic E-state index is -0.508. The molecule has 1 N–H and O–H groups in total. The number of rotatable bonds is 4. The molecule has 8 nitrogen and oxygen atoms in total. The Morgan fingerprint density at radius 1 is 1.03 bits per heavy atom. The molecule has 1 aliphatic rings. The zero-order valence-corrected chi connectivity index (χ0v) is 16.6. The smallest absolute Gasteiger partial charge is 0.302 e. The van der Waals surface area contributed by atoms with Crippen molar-refractivity contribution in [2.45, 2.75) is 0 Å². The number of carbonyl (C=O) groups is 2. The second-order valence-electron chi connectivity index (χ2n) is 6.35. The Labute approximate surface area is 176 Å². The molecule has 0 spiro atoms. The molecule has 1 aromatic carbocycles. The van der Waals surface area contributed by atoms with Gasteiger partial charge in [0.05, 0.1) is 16.3 Å². The minimum Gasteiger partial charge on any atom is -0.459 e. The van der Waals surface area contributed by atoms with Crippen LogP contribution in [0.1, 0.15) is 21.0 Å². The summed E-state index contributed by atoms with van der Waals surface area (Å²) in [5, 5.41) is 3.45. The van der Waals surface area contributed by atoms with E-state index in [1.54, 1.807) is 17.0 Å². The number of hydrogen-bond donors (Lipinski definition) is 1. The van der Waals surface area contributed by atoms with Crippen LogP contribution >= 0.6 is 23.2 Å². The number of amides is 2. The summed E-state index contributed by atoms with van der Waals surface area (Å²) in [5.41, 5.74) is 1.08. The Morgan fingerprint density at radius 2 is 1.83 bits per heavy atom. The van der Waals surface area contributed by atoms with Crippen molar-refractivity contribution in [3.63, 3.8) is 0 Å². The molecule has 29 heavy (non-hydrogen) atoms. The second kappa shape index (κ2) is 8.18. The van der Waals surface area contributed by atoms with Gasteiger partial charge in [-0.05, 0) is 30.3 Å². The molecular formula is C19H16Cl2N4O4. The molecule has 0 atom stereocenters. The lowest BCUT2D eigenvalue weighted by molar-refractivity contribution is 0.0740. The summed E-state index contributed by atoms with van der Waals surface area (Å²) in [6.45, 7) is 2.31. The third-order valence-electron chi connectivity index (χ3n) is 4.52. The normalized spacial score (nSPS) is 14.1. The van der Waals surface area contributed by atoms with Crippen molar-refractivity contribution in [3.8, 4) is 0 Å². The van der Waals surface area contributed by atoms with Crippen LogP contribution in [0, 0.1) is 0 Å². The summed E-state index contributed by atoms with van der Waals surface area (Å²) in [6, 6.07) is 8.51. The van der Waals surface area contributed by atoms with Gasteiger partial charge >= 0.3 is 6.01 Å². The van der Waals surface area contributed by atoms with Crippen LogP contribution in [0.3, 0.4) is 0 Å². The molecule has 0 unspecified atom stereocenters. The number of aromatic nitrogens is 1. The van der Waals surface area contributed by atoms with Crippen LogP contribution in [0.25, 0.3) is 0 Å². The van der Waals surface area contributed by atoms with Crippen molar-refractivity contribution in [1.29, 1.82) is 0 Å². The first kappa shape index (κ1) is 19.4. The van der Waals surface area contributed by atoms with Crippen LogP contribution in [0.15, 0.2) is 51.7 Å². The number of furan rings is 1. The molecule has 2 amide bonds. The van der Waals surface area contributed by atoms with E-state index >= 15 is 0 Å². The maximum Gasteiger partial charge on any atom is 0.302 e. The molecule has 3 aromatic rings. The molecule has 0 aliphatic carbocycles. The molecule has 0 radical (unpaired) electrons. The Kier molecular flexibility index (Phi) is 5.46. The number of halogens is 2. The van der Waals surface area contributed by atoms with Crippen molar-refractivity contribution >= 4 is 46.7 Å². The summed E-state index contributed by atoms with van der Waals surface area (Å²) >= 11 is 12.0. The highest BCUT2D eigenvalue weighted by Gasteiger charge is 2.25. The van der Waals surface area contributed by atoms with Gasteiger partial charge in [-0.2, -0.15) is 4.98 Å². The van der Waals surface area contributed by atoms with Crippen LogP contribution in [0.5, 0.6) is 0 Å². The summed E-state index contributed by atoms with van der Waals surface area (Å²) in [4.78, 5) is 32.5. The zero-order valence-electron chi connectivity index (χ0n) is 15.1. The second-order valence-corrected chi connectivity index (χ2v) is 7.16.